The molecule has 1 fully saturated rings. The van der Waals surface area contributed by atoms with Crippen LogP contribution in [0.5, 0.6) is 0 Å². The Balaban J connectivity index is 2.09. The third kappa shape index (κ3) is 2.49. The minimum atomic E-state index is -0.577. The maximum Gasteiger partial charge on any atom is 0.417 e. The van der Waals surface area contributed by atoms with Gasteiger partial charge in [0.1, 0.15) is 5.60 Å². The monoisotopic (exact) mass is 253 g/mol. The van der Waals surface area contributed by atoms with Crippen LogP contribution in [-0.2, 0) is 9.53 Å². The third-order valence-electron chi connectivity index (χ3n) is 2.47. The number of thiophene rings is 1. The van der Waals surface area contributed by atoms with Crippen LogP contribution < -0.4 is 0 Å². The zero-order valence-corrected chi connectivity index (χ0v) is 10.9. The van der Waals surface area contributed by atoms with Crippen molar-refractivity contribution in [3.63, 3.8) is 0 Å². The fourth-order valence-electron chi connectivity index (χ4n) is 1.69. The van der Waals surface area contributed by atoms with Crippen LogP contribution in [0.25, 0.3) is 0 Å². The summed E-state index contributed by atoms with van der Waals surface area (Å²) in [6, 6.07) is 1.78. The van der Waals surface area contributed by atoms with E-state index < -0.39 is 11.7 Å². The number of hydrogen-bond donors (Lipinski definition) is 0. The van der Waals surface area contributed by atoms with Gasteiger partial charge in [-0.15, -0.1) is 0 Å². The highest BCUT2D eigenvalue weighted by Gasteiger charge is 2.43. The number of rotatable bonds is 1. The van der Waals surface area contributed by atoms with E-state index in [2.05, 4.69) is 0 Å². The molecule has 92 valence electrons. The van der Waals surface area contributed by atoms with Gasteiger partial charge in [0, 0.05) is 0 Å². The molecule has 0 saturated carbocycles. The van der Waals surface area contributed by atoms with Gasteiger partial charge in [-0.3, -0.25) is 4.79 Å². The molecule has 1 atom stereocenters. The summed E-state index contributed by atoms with van der Waals surface area (Å²) in [5.74, 6) is -0.171. The van der Waals surface area contributed by atoms with Crippen molar-refractivity contribution in [1.82, 2.24) is 4.90 Å². The number of carbonyl (C=O) groups is 2. The Morgan fingerprint density at radius 1 is 1.53 bits per heavy atom. The number of imide groups is 1. The summed E-state index contributed by atoms with van der Waals surface area (Å²) in [7, 11) is 0. The highest BCUT2D eigenvalue weighted by Crippen LogP contribution is 2.36. The Bertz CT molecular complexity index is 433. The first-order valence-electron chi connectivity index (χ1n) is 5.45. The SMILES string of the molecule is CC(C)(C)OC(=O)N1C(=O)C[C@@H]1c1ccsc1. The van der Waals surface area contributed by atoms with Gasteiger partial charge in [0.05, 0.1) is 12.5 Å². The zero-order valence-electron chi connectivity index (χ0n) is 10.1. The molecule has 1 aromatic heterocycles. The summed E-state index contributed by atoms with van der Waals surface area (Å²) in [6.45, 7) is 5.36. The first kappa shape index (κ1) is 12.1. The number of β-lactam (4-membered cyclic amide) rings is 1. The van der Waals surface area contributed by atoms with Crippen LogP contribution in [0.15, 0.2) is 16.8 Å². The van der Waals surface area contributed by atoms with Crippen LogP contribution >= 0.6 is 11.3 Å². The third-order valence-corrected chi connectivity index (χ3v) is 3.17. The van der Waals surface area contributed by atoms with Gasteiger partial charge in [0.2, 0.25) is 5.91 Å². The van der Waals surface area contributed by atoms with Gasteiger partial charge in [-0.25, -0.2) is 9.69 Å². The van der Waals surface area contributed by atoms with Crippen LogP contribution in [0.3, 0.4) is 0 Å². The molecule has 5 heteroatoms. The molecule has 1 aromatic rings. The maximum absolute atomic E-state index is 11.8. The lowest BCUT2D eigenvalue weighted by atomic mass is 9.97. The molecule has 1 aliphatic rings. The molecule has 0 unspecified atom stereocenters. The molecule has 0 spiro atoms. The minimum Gasteiger partial charge on any atom is -0.443 e. The number of likely N-dealkylation sites (tertiary alicyclic amines) is 1. The molecular formula is C12H15NO3S. The second-order valence-corrected chi connectivity index (χ2v) is 5.80. The lowest BCUT2D eigenvalue weighted by Gasteiger charge is -2.38. The molecule has 4 nitrogen and oxygen atoms in total. The van der Waals surface area contributed by atoms with Gasteiger partial charge in [-0.1, -0.05) is 0 Å². The molecule has 2 heterocycles. The molecule has 0 aromatic carbocycles. The molecule has 0 radical (unpaired) electrons. The highest BCUT2D eigenvalue weighted by atomic mass is 32.1. The molecule has 0 N–H and O–H groups in total. The Hall–Kier alpha value is -1.36. The summed E-state index contributed by atoms with van der Waals surface area (Å²) >= 11 is 1.56. The molecule has 17 heavy (non-hydrogen) atoms. The second-order valence-electron chi connectivity index (χ2n) is 5.02. The van der Waals surface area contributed by atoms with E-state index in [1.165, 1.54) is 4.90 Å². The normalized spacial score (nSPS) is 20.1. The van der Waals surface area contributed by atoms with Crippen molar-refractivity contribution in [3.8, 4) is 0 Å². The van der Waals surface area contributed by atoms with Gasteiger partial charge in [-0.05, 0) is 43.2 Å². The van der Waals surface area contributed by atoms with Gasteiger partial charge in [0.15, 0.2) is 0 Å². The molecule has 1 aliphatic heterocycles. The number of ether oxygens (including phenoxy) is 1. The average Bonchev–Trinajstić information content (AvgIpc) is 2.62. The van der Waals surface area contributed by atoms with E-state index in [1.54, 1.807) is 32.1 Å². The first-order chi connectivity index (χ1) is 7.88. The van der Waals surface area contributed by atoms with Gasteiger partial charge < -0.3 is 4.74 Å². The van der Waals surface area contributed by atoms with E-state index in [1.807, 2.05) is 16.8 Å². The van der Waals surface area contributed by atoms with Crippen molar-refractivity contribution in [2.75, 3.05) is 0 Å². The van der Waals surface area contributed by atoms with Crippen molar-refractivity contribution >= 4 is 23.3 Å². The number of amides is 2. The van der Waals surface area contributed by atoms with Crippen molar-refractivity contribution in [2.24, 2.45) is 0 Å². The van der Waals surface area contributed by atoms with Gasteiger partial charge >= 0.3 is 6.09 Å². The molecule has 0 aliphatic carbocycles. The molecule has 0 bridgehead atoms. The summed E-state index contributed by atoms with van der Waals surface area (Å²) < 4.78 is 5.21. The van der Waals surface area contributed by atoms with E-state index in [-0.39, 0.29) is 11.9 Å². The molecular weight excluding hydrogens is 238 g/mol. The average molecular weight is 253 g/mol. The quantitative estimate of drug-likeness (QED) is 0.723. The smallest absolute Gasteiger partial charge is 0.417 e. The zero-order chi connectivity index (χ0) is 12.6. The van der Waals surface area contributed by atoms with Crippen molar-refractivity contribution in [1.29, 1.82) is 0 Å². The van der Waals surface area contributed by atoms with Crippen molar-refractivity contribution in [2.45, 2.75) is 38.8 Å². The summed E-state index contributed by atoms with van der Waals surface area (Å²) in [5, 5.41) is 3.89. The van der Waals surface area contributed by atoms with Crippen LogP contribution in [0.1, 0.15) is 38.8 Å². The van der Waals surface area contributed by atoms with Crippen molar-refractivity contribution in [3.05, 3.63) is 22.4 Å². The molecule has 2 amide bonds. The predicted octanol–water partition coefficient (Wildman–Crippen LogP) is 2.96. The molecule has 1 saturated heterocycles. The van der Waals surface area contributed by atoms with E-state index in [0.29, 0.717) is 6.42 Å². The van der Waals surface area contributed by atoms with E-state index in [9.17, 15) is 9.59 Å². The lowest BCUT2D eigenvalue weighted by Crippen LogP contribution is -2.51. The number of carbonyl (C=O) groups excluding carboxylic acids is 2. The maximum atomic E-state index is 11.8. The van der Waals surface area contributed by atoms with Crippen molar-refractivity contribution < 1.29 is 14.3 Å². The Morgan fingerprint density at radius 2 is 2.24 bits per heavy atom. The Kier molecular flexibility index (Phi) is 2.95. The largest absolute Gasteiger partial charge is 0.443 e. The topological polar surface area (TPSA) is 46.6 Å². The standard InChI is InChI=1S/C12H15NO3S/c1-12(2,3)16-11(15)13-9(6-10(13)14)8-4-5-17-7-8/h4-5,7,9H,6H2,1-3H3/t9-/m1/s1. The molecule has 2 rings (SSSR count). The van der Waals surface area contributed by atoms with E-state index in [4.69, 9.17) is 4.74 Å². The summed E-state index contributed by atoms with van der Waals surface area (Å²) in [6.07, 6.45) is -0.166. The minimum absolute atomic E-state index is 0.149. The fourth-order valence-corrected chi connectivity index (χ4v) is 2.40. The van der Waals surface area contributed by atoms with Crippen LogP contribution in [-0.4, -0.2) is 22.5 Å². The summed E-state index contributed by atoms with van der Waals surface area (Å²) in [5.41, 5.74) is 0.423. The van der Waals surface area contributed by atoms with E-state index >= 15 is 0 Å². The lowest BCUT2D eigenvalue weighted by molar-refractivity contribution is -0.144. The summed E-state index contributed by atoms with van der Waals surface area (Å²) in [4.78, 5) is 24.5. The highest BCUT2D eigenvalue weighted by molar-refractivity contribution is 7.08. The number of nitrogens with zero attached hydrogens (tertiary/aromatic N) is 1. The second kappa shape index (κ2) is 4.14. The number of hydrogen-bond acceptors (Lipinski definition) is 4. The Morgan fingerprint density at radius 3 is 2.71 bits per heavy atom. The van der Waals surface area contributed by atoms with Gasteiger partial charge in [0.25, 0.3) is 0 Å². The van der Waals surface area contributed by atoms with Crippen LogP contribution in [0.4, 0.5) is 4.79 Å². The Labute approximate surface area is 104 Å². The van der Waals surface area contributed by atoms with Gasteiger partial charge in [-0.2, -0.15) is 11.3 Å². The van der Waals surface area contributed by atoms with E-state index in [0.717, 1.165) is 5.56 Å². The van der Waals surface area contributed by atoms with Crippen LogP contribution in [0, 0.1) is 0 Å². The van der Waals surface area contributed by atoms with Crippen LogP contribution in [0.2, 0.25) is 0 Å². The first-order valence-corrected chi connectivity index (χ1v) is 6.40. The predicted molar refractivity (Wildman–Crippen MR) is 64.8 cm³/mol. The fraction of sp³-hybridized carbons (Fsp3) is 0.500.